The first kappa shape index (κ1) is 13.3. The summed E-state index contributed by atoms with van der Waals surface area (Å²) in [6.45, 7) is 2.78. The zero-order valence-electron chi connectivity index (χ0n) is 11.8. The Bertz CT molecular complexity index is 750. The summed E-state index contributed by atoms with van der Waals surface area (Å²) in [5, 5.41) is 14.1. The molecule has 0 saturated heterocycles. The van der Waals surface area contributed by atoms with E-state index in [0.717, 1.165) is 28.5 Å². The Hall–Kier alpha value is -2.69. The fraction of sp³-hybridized carbons (Fsp3) is 0.188. The first-order chi connectivity index (χ1) is 10.4. The molecule has 3 aromatic rings. The largest absolute Gasteiger partial charge is 0.493 e. The van der Waals surface area contributed by atoms with Crippen LogP contribution in [0, 0.1) is 0 Å². The van der Waals surface area contributed by atoms with Gasteiger partial charge in [-0.2, -0.15) is 5.10 Å². The van der Waals surface area contributed by atoms with Gasteiger partial charge >= 0.3 is 0 Å². The lowest BCUT2D eigenvalue weighted by molar-refractivity contribution is 0.317. The zero-order chi connectivity index (χ0) is 14.5. The molecule has 0 amide bonds. The van der Waals surface area contributed by atoms with Crippen LogP contribution in [0.1, 0.15) is 18.9 Å². The van der Waals surface area contributed by atoms with E-state index < -0.39 is 0 Å². The van der Waals surface area contributed by atoms with Crippen LogP contribution in [0.4, 0.5) is 0 Å². The molecule has 106 valence electrons. The van der Waals surface area contributed by atoms with E-state index in [1.807, 2.05) is 18.2 Å². The maximum absolute atomic E-state index is 5.83. The molecule has 2 aromatic carbocycles. The minimum Gasteiger partial charge on any atom is -0.493 e. The predicted molar refractivity (Wildman–Crippen MR) is 82.7 cm³/mol. The average Bonchev–Trinajstić information content (AvgIpc) is 3.04. The number of ether oxygens (including phenoxy) is 1. The monoisotopic (exact) mass is 280 g/mol. The maximum Gasteiger partial charge on any atom is 0.141 e. The third-order valence-electron chi connectivity index (χ3n) is 3.12. The minimum atomic E-state index is 0.686. The molecule has 0 saturated carbocycles. The molecule has 0 atom stereocenters. The van der Waals surface area contributed by atoms with Crippen molar-refractivity contribution < 1.29 is 4.74 Å². The second-order valence-electron chi connectivity index (χ2n) is 4.63. The van der Waals surface area contributed by atoms with Gasteiger partial charge in [0.05, 0.1) is 12.8 Å². The highest BCUT2D eigenvalue weighted by molar-refractivity contribution is 6.02. The number of benzene rings is 2. The van der Waals surface area contributed by atoms with Gasteiger partial charge in [-0.1, -0.05) is 37.3 Å². The molecule has 0 N–H and O–H groups in total. The summed E-state index contributed by atoms with van der Waals surface area (Å²) in [5.41, 5.74) is 0.968. The molecule has 0 spiro atoms. The van der Waals surface area contributed by atoms with E-state index in [9.17, 15) is 0 Å². The summed E-state index contributed by atoms with van der Waals surface area (Å²) < 4.78 is 7.39. The highest BCUT2D eigenvalue weighted by Gasteiger charge is 2.06. The van der Waals surface area contributed by atoms with Crippen molar-refractivity contribution in [3.8, 4) is 5.75 Å². The molecule has 0 aliphatic carbocycles. The molecule has 1 heterocycles. The number of rotatable bonds is 5. The zero-order valence-corrected chi connectivity index (χ0v) is 11.8. The molecular weight excluding hydrogens is 264 g/mol. The average molecular weight is 280 g/mol. The van der Waals surface area contributed by atoms with Gasteiger partial charge < -0.3 is 4.74 Å². The lowest BCUT2D eigenvalue weighted by atomic mass is 10.0. The van der Waals surface area contributed by atoms with Gasteiger partial charge in [0.25, 0.3) is 0 Å². The molecule has 1 aromatic heterocycles. The van der Waals surface area contributed by atoms with Gasteiger partial charge in [-0.25, -0.2) is 4.68 Å². The summed E-state index contributed by atoms with van der Waals surface area (Å²) in [5.74, 6) is 0.840. The van der Waals surface area contributed by atoms with Crippen molar-refractivity contribution in [1.82, 2.24) is 14.9 Å². The molecule has 5 heteroatoms. The summed E-state index contributed by atoms with van der Waals surface area (Å²) in [6.07, 6.45) is 5.86. The lowest BCUT2D eigenvalue weighted by Crippen LogP contribution is -2.00. The van der Waals surface area contributed by atoms with Crippen molar-refractivity contribution in [2.75, 3.05) is 6.61 Å². The van der Waals surface area contributed by atoms with E-state index in [-0.39, 0.29) is 0 Å². The molecule has 0 aliphatic rings. The van der Waals surface area contributed by atoms with Gasteiger partial charge in [0.2, 0.25) is 0 Å². The number of hydrogen-bond donors (Lipinski definition) is 0. The van der Waals surface area contributed by atoms with Crippen LogP contribution in [-0.2, 0) is 0 Å². The Morgan fingerprint density at radius 3 is 2.76 bits per heavy atom. The normalized spacial score (nSPS) is 11.3. The van der Waals surface area contributed by atoms with Crippen LogP contribution in [0.15, 0.2) is 54.2 Å². The smallest absolute Gasteiger partial charge is 0.141 e. The number of aromatic nitrogens is 3. The van der Waals surface area contributed by atoms with Gasteiger partial charge in [-0.3, -0.25) is 0 Å². The van der Waals surface area contributed by atoms with Crippen molar-refractivity contribution in [3.05, 3.63) is 54.6 Å². The summed E-state index contributed by atoms with van der Waals surface area (Å²) >= 11 is 0. The van der Waals surface area contributed by atoms with Crippen molar-refractivity contribution in [2.24, 2.45) is 5.10 Å². The van der Waals surface area contributed by atoms with Gasteiger partial charge in [0.15, 0.2) is 0 Å². The molecule has 5 nitrogen and oxygen atoms in total. The van der Waals surface area contributed by atoms with E-state index in [4.69, 9.17) is 4.74 Å². The molecular formula is C16H16N4O. The third kappa shape index (κ3) is 2.91. The van der Waals surface area contributed by atoms with Gasteiger partial charge in [-0.15, -0.1) is 10.2 Å². The van der Waals surface area contributed by atoms with E-state index >= 15 is 0 Å². The topological polar surface area (TPSA) is 52.3 Å². The van der Waals surface area contributed by atoms with E-state index in [1.165, 1.54) is 0 Å². The van der Waals surface area contributed by atoms with Crippen molar-refractivity contribution in [1.29, 1.82) is 0 Å². The van der Waals surface area contributed by atoms with E-state index in [2.05, 4.69) is 40.4 Å². The van der Waals surface area contributed by atoms with Crippen molar-refractivity contribution in [2.45, 2.75) is 13.3 Å². The Labute approximate surface area is 122 Å². The molecule has 0 radical (unpaired) electrons. The standard InChI is InChI=1S/C16H16N4O/c1-2-9-21-16-8-7-13-5-3-4-6-14(13)15(16)10-19-20-11-17-18-12-20/h3-8,10-12H,2,9H2,1H3/b19-10+. The molecule has 0 aliphatic heterocycles. The van der Waals surface area contributed by atoms with Crippen LogP contribution in [0.25, 0.3) is 10.8 Å². The summed E-state index contributed by atoms with van der Waals surface area (Å²) in [4.78, 5) is 0. The van der Waals surface area contributed by atoms with Crippen molar-refractivity contribution in [3.63, 3.8) is 0 Å². The number of fused-ring (bicyclic) bond motifs is 1. The molecule has 0 fully saturated rings. The van der Waals surface area contributed by atoms with E-state index in [1.54, 1.807) is 23.5 Å². The first-order valence-electron chi connectivity index (χ1n) is 6.92. The fourth-order valence-electron chi connectivity index (χ4n) is 2.13. The summed E-state index contributed by atoms with van der Waals surface area (Å²) in [6, 6.07) is 12.2. The van der Waals surface area contributed by atoms with Crippen molar-refractivity contribution >= 4 is 17.0 Å². The van der Waals surface area contributed by atoms with Crippen LogP contribution < -0.4 is 4.74 Å². The molecule has 0 bridgehead atoms. The highest BCUT2D eigenvalue weighted by Crippen LogP contribution is 2.26. The Morgan fingerprint density at radius 2 is 1.95 bits per heavy atom. The van der Waals surface area contributed by atoms with Crippen LogP contribution in [-0.4, -0.2) is 27.7 Å². The minimum absolute atomic E-state index is 0.686. The quantitative estimate of drug-likeness (QED) is 0.675. The molecule has 21 heavy (non-hydrogen) atoms. The second kappa shape index (κ2) is 6.17. The van der Waals surface area contributed by atoms with Gasteiger partial charge in [0.1, 0.15) is 18.4 Å². The Kier molecular flexibility index (Phi) is 3.91. The first-order valence-corrected chi connectivity index (χ1v) is 6.92. The fourth-order valence-corrected chi connectivity index (χ4v) is 2.13. The van der Waals surface area contributed by atoms with Gasteiger partial charge in [0, 0.05) is 5.56 Å². The van der Waals surface area contributed by atoms with Crippen LogP contribution >= 0.6 is 0 Å². The van der Waals surface area contributed by atoms with Crippen LogP contribution in [0.3, 0.4) is 0 Å². The van der Waals surface area contributed by atoms with Gasteiger partial charge in [-0.05, 0) is 23.3 Å². The van der Waals surface area contributed by atoms with E-state index in [0.29, 0.717) is 6.61 Å². The Balaban J connectivity index is 2.06. The molecule has 3 rings (SSSR count). The predicted octanol–water partition coefficient (Wildman–Crippen LogP) is 3.10. The highest BCUT2D eigenvalue weighted by atomic mass is 16.5. The SMILES string of the molecule is CCCOc1ccc2ccccc2c1/C=N/n1cnnc1. The Morgan fingerprint density at radius 1 is 1.14 bits per heavy atom. The van der Waals surface area contributed by atoms with Crippen LogP contribution in [0.2, 0.25) is 0 Å². The van der Waals surface area contributed by atoms with Crippen LogP contribution in [0.5, 0.6) is 5.75 Å². The number of nitrogens with zero attached hydrogens (tertiary/aromatic N) is 4. The number of hydrogen-bond acceptors (Lipinski definition) is 4. The summed E-state index contributed by atoms with van der Waals surface area (Å²) in [7, 11) is 0. The third-order valence-corrected chi connectivity index (χ3v) is 3.12. The maximum atomic E-state index is 5.83. The lowest BCUT2D eigenvalue weighted by Gasteiger charge is -2.10. The second-order valence-corrected chi connectivity index (χ2v) is 4.63. The molecule has 0 unspecified atom stereocenters.